The zero-order chi connectivity index (χ0) is 20.2. The number of hydrogen-bond acceptors (Lipinski definition) is 4. The highest BCUT2D eigenvalue weighted by atomic mass is 16.5. The lowest BCUT2D eigenvalue weighted by atomic mass is 10.2. The van der Waals surface area contributed by atoms with Gasteiger partial charge in [-0.2, -0.15) is 0 Å². The molecule has 0 atom stereocenters. The maximum Gasteiger partial charge on any atom is 0.325 e. The predicted octanol–water partition coefficient (Wildman–Crippen LogP) is 4.08. The molecule has 1 aliphatic carbocycles. The van der Waals surface area contributed by atoms with Gasteiger partial charge in [0, 0.05) is 36.9 Å². The Labute approximate surface area is 168 Å². The van der Waals surface area contributed by atoms with Crippen molar-refractivity contribution < 1.29 is 14.3 Å². The van der Waals surface area contributed by atoms with Crippen LogP contribution in [0.2, 0.25) is 0 Å². The van der Waals surface area contributed by atoms with Crippen LogP contribution in [-0.4, -0.2) is 34.7 Å². The Kier molecular flexibility index (Phi) is 5.33. The predicted molar refractivity (Wildman–Crippen MR) is 111 cm³/mol. The van der Waals surface area contributed by atoms with Crippen LogP contribution < -0.4 is 20.7 Å². The molecule has 0 aliphatic heterocycles. The molecule has 0 radical (unpaired) electrons. The quantitative estimate of drug-likeness (QED) is 0.622. The SMILES string of the molecule is CNC(=O)n1ccc2cc(Oc3ccnc(NC(=O)NC4CCCC4)c3)ccc21. The number of benzene rings is 1. The van der Waals surface area contributed by atoms with Gasteiger partial charge in [-0.3, -0.25) is 9.88 Å². The average Bonchev–Trinajstić information content (AvgIpc) is 3.37. The van der Waals surface area contributed by atoms with Crippen LogP contribution in [0.4, 0.5) is 15.4 Å². The molecule has 1 saturated carbocycles. The van der Waals surface area contributed by atoms with Gasteiger partial charge in [-0.1, -0.05) is 12.8 Å². The number of carbonyl (C=O) groups is 2. The van der Waals surface area contributed by atoms with Crippen molar-refractivity contribution in [2.24, 2.45) is 0 Å². The minimum atomic E-state index is -0.251. The van der Waals surface area contributed by atoms with Crippen LogP contribution in [0.1, 0.15) is 25.7 Å². The van der Waals surface area contributed by atoms with Gasteiger partial charge >= 0.3 is 12.1 Å². The van der Waals surface area contributed by atoms with Crippen LogP contribution in [0, 0.1) is 0 Å². The monoisotopic (exact) mass is 393 g/mol. The molecule has 3 N–H and O–H groups in total. The number of nitrogens with zero attached hydrogens (tertiary/aromatic N) is 2. The van der Waals surface area contributed by atoms with E-state index in [0.717, 1.165) is 36.6 Å². The highest BCUT2D eigenvalue weighted by Gasteiger charge is 2.17. The molecule has 4 rings (SSSR count). The number of carbonyl (C=O) groups excluding carboxylic acids is 2. The molecular weight excluding hydrogens is 370 g/mol. The van der Waals surface area contributed by atoms with Gasteiger partial charge in [0.15, 0.2) is 0 Å². The van der Waals surface area contributed by atoms with E-state index in [2.05, 4.69) is 20.9 Å². The van der Waals surface area contributed by atoms with Crippen molar-refractivity contribution in [3.8, 4) is 11.5 Å². The van der Waals surface area contributed by atoms with Gasteiger partial charge in [-0.05, 0) is 43.2 Å². The maximum absolute atomic E-state index is 12.1. The molecule has 29 heavy (non-hydrogen) atoms. The van der Waals surface area contributed by atoms with Crippen LogP contribution >= 0.6 is 0 Å². The van der Waals surface area contributed by atoms with Gasteiger partial charge in [-0.25, -0.2) is 14.6 Å². The van der Waals surface area contributed by atoms with Crippen molar-refractivity contribution in [1.29, 1.82) is 0 Å². The van der Waals surface area contributed by atoms with E-state index in [0.29, 0.717) is 17.3 Å². The van der Waals surface area contributed by atoms with Crippen LogP contribution in [0.15, 0.2) is 48.8 Å². The fourth-order valence-corrected chi connectivity index (χ4v) is 3.57. The van der Waals surface area contributed by atoms with Gasteiger partial charge < -0.3 is 15.4 Å². The van der Waals surface area contributed by atoms with Crippen molar-refractivity contribution in [3.05, 3.63) is 48.8 Å². The molecule has 1 aromatic carbocycles. The van der Waals surface area contributed by atoms with Crippen LogP contribution in [0.25, 0.3) is 10.9 Å². The van der Waals surface area contributed by atoms with E-state index in [1.54, 1.807) is 37.6 Å². The second-order valence-electron chi connectivity index (χ2n) is 7.02. The zero-order valence-corrected chi connectivity index (χ0v) is 16.1. The first kappa shape index (κ1) is 18.8. The molecule has 1 fully saturated rings. The second kappa shape index (κ2) is 8.22. The molecule has 8 heteroatoms. The number of amides is 3. The highest BCUT2D eigenvalue weighted by Crippen LogP contribution is 2.27. The van der Waals surface area contributed by atoms with Crippen molar-refractivity contribution in [2.45, 2.75) is 31.7 Å². The molecule has 3 aromatic rings. The van der Waals surface area contributed by atoms with E-state index in [1.807, 2.05) is 18.2 Å². The molecule has 0 unspecified atom stereocenters. The Bertz CT molecular complexity index is 1040. The minimum Gasteiger partial charge on any atom is -0.457 e. The number of fused-ring (bicyclic) bond motifs is 1. The van der Waals surface area contributed by atoms with E-state index >= 15 is 0 Å². The lowest BCUT2D eigenvalue weighted by molar-refractivity contribution is 0.245. The Morgan fingerprint density at radius 2 is 1.90 bits per heavy atom. The Hall–Kier alpha value is -3.55. The normalized spacial score (nSPS) is 14.0. The molecule has 0 bridgehead atoms. The first-order valence-corrected chi connectivity index (χ1v) is 9.67. The summed E-state index contributed by atoms with van der Waals surface area (Å²) in [4.78, 5) is 28.2. The maximum atomic E-state index is 12.1. The minimum absolute atomic E-state index is 0.200. The van der Waals surface area contributed by atoms with Gasteiger partial charge in [0.1, 0.15) is 17.3 Å². The molecule has 3 amide bonds. The molecule has 0 spiro atoms. The van der Waals surface area contributed by atoms with Crippen molar-refractivity contribution in [1.82, 2.24) is 20.2 Å². The van der Waals surface area contributed by atoms with E-state index in [-0.39, 0.29) is 18.1 Å². The van der Waals surface area contributed by atoms with Gasteiger partial charge in [0.25, 0.3) is 0 Å². The number of pyridine rings is 1. The first-order chi connectivity index (χ1) is 14.1. The third kappa shape index (κ3) is 4.31. The third-order valence-corrected chi connectivity index (χ3v) is 4.99. The second-order valence-corrected chi connectivity index (χ2v) is 7.02. The summed E-state index contributed by atoms with van der Waals surface area (Å²) in [6, 6.07) is 10.5. The summed E-state index contributed by atoms with van der Waals surface area (Å²) in [5.41, 5.74) is 0.789. The number of urea groups is 1. The summed E-state index contributed by atoms with van der Waals surface area (Å²) in [7, 11) is 1.59. The first-order valence-electron chi connectivity index (χ1n) is 9.67. The number of nitrogens with one attached hydrogen (secondary N) is 3. The number of hydrogen-bond donors (Lipinski definition) is 3. The number of ether oxygens (including phenoxy) is 1. The standard InChI is InChI=1S/C21H23N5O3/c1-22-21(28)26-11-9-14-12-16(6-7-18(14)26)29-17-8-10-23-19(13-17)25-20(27)24-15-4-2-3-5-15/h6-13,15H,2-5H2,1H3,(H,22,28)(H2,23,24,25,27). The van der Waals surface area contributed by atoms with Crippen molar-refractivity contribution >= 4 is 28.8 Å². The van der Waals surface area contributed by atoms with Crippen LogP contribution in [0.3, 0.4) is 0 Å². The van der Waals surface area contributed by atoms with E-state index in [4.69, 9.17) is 4.74 Å². The molecule has 8 nitrogen and oxygen atoms in total. The molecule has 150 valence electrons. The fourth-order valence-electron chi connectivity index (χ4n) is 3.57. The number of anilines is 1. The van der Waals surface area contributed by atoms with Crippen molar-refractivity contribution in [3.63, 3.8) is 0 Å². The Balaban J connectivity index is 1.44. The molecular formula is C21H23N5O3. The summed E-state index contributed by atoms with van der Waals surface area (Å²) >= 11 is 0. The fraction of sp³-hybridized carbons (Fsp3) is 0.286. The molecule has 2 aromatic heterocycles. The smallest absolute Gasteiger partial charge is 0.325 e. The van der Waals surface area contributed by atoms with E-state index < -0.39 is 0 Å². The molecule has 2 heterocycles. The summed E-state index contributed by atoms with van der Waals surface area (Å²) in [5.74, 6) is 1.60. The number of rotatable bonds is 4. The average molecular weight is 393 g/mol. The van der Waals surface area contributed by atoms with Gasteiger partial charge in [0.05, 0.1) is 5.52 Å². The third-order valence-electron chi connectivity index (χ3n) is 4.99. The van der Waals surface area contributed by atoms with E-state index in [9.17, 15) is 9.59 Å². The highest BCUT2D eigenvalue weighted by molar-refractivity contribution is 5.92. The van der Waals surface area contributed by atoms with Gasteiger partial charge in [-0.15, -0.1) is 0 Å². The summed E-state index contributed by atoms with van der Waals surface area (Å²) in [6.45, 7) is 0. The summed E-state index contributed by atoms with van der Waals surface area (Å²) < 4.78 is 7.45. The van der Waals surface area contributed by atoms with Crippen LogP contribution in [0.5, 0.6) is 11.5 Å². The van der Waals surface area contributed by atoms with E-state index in [1.165, 1.54) is 4.57 Å². The lowest BCUT2D eigenvalue weighted by Crippen LogP contribution is -2.36. The Morgan fingerprint density at radius 1 is 1.10 bits per heavy atom. The Morgan fingerprint density at radius 3 is 2.69 bits per heavy atom. The van der Waals surface area contributed by atoms with Gasteiger partial charge in [0.2, 0.25) is 0 Å². The largest absolute Gasteiger partial charge is 0.457 e. The lowest BCUT2D eigenvalue weighted by Gasteiger charge is -2.13. The van der Waals surface area contributed by atoms with Crippen molar-refractivity contribution in [2.75, 3.05) is 12.4 Å². The zero-order valence-electron chi connectivity index (χ0n) is 16.1. The molecule has 1 aliphatic rings. The topological polar surface area (TPSA) is 97.3 Å². The summed E-state index contributed by atoms with van der Waals surface area (Å²) in [6.07, 6.45) is 7.65. The van der Waals surface area contributed by atoms with Crippen LogP contribution in [-0.2, 0) is 0 Å². The molecule has 0 saturated heterocycles. The number of aromatic nitrogens is 2. The summed E-state index contributed by atoms with van der Waals surface area (Å²) in [5, 5.41) is 9.21.